The number of nitrogens with one attached hydrogen (secondary N) is 2. The number of hydrogen-bond donors (Lipinski definition) is 2. The fourth-order valence-electron chi connectivity index (χ4n) is 1.82. The number of aromatic nitrogens is 1. The van der Waals surface area contributed by atoms with Crippen molar-refractivity contribution >= 4 is 24.0 Å². The largest absolute Gasteiger partial charge is 0.365 e. The van der Waals surface area contributed by atoms with Crippen LogP contribution in [0.25, 0.3) is 0 Å². The van der Waals surface area contributed by atoms with E-state index in [1.165, 1.54) is 7.05 Å². The average molecular weight is 275 g/mol. The van der Waals surface area contributed by atoms with Crippen LogP contribution in [-0.4, -0.2) is 44.1 Å². The Kier molecular flexibility index (Phi) is 5.30. The number of carbonyl (C=O) groups is 1. The maximum Gasteiger partial charge on any atom is 0.269 e. The number of hydrogen-bond acceptors (Lipinski definition) is 4. The van der Waals surface area contributed by atoms with Crippen LogP contribution in [0.3, 0.4) is 0 Å². The first kappa shape index (κ1) is 14.7. The molecule has 0 unspecified atom stereocenters. The molecule has 0 atom stereocenters. The first-order valence-electron chi connectivity index (χ1n) is 5.56. The normalized spacial score (nSPS) is 14.9. The zero-order chi connectivity index (χ0) is 12.3. The maximum absolute atomic E-state index is 13.8. The Morgan fingerprint density at radius 1 is 1.44 bits per heavy atom. The van der Waals surface area contributed by atoms with Gasteiger partial charge < -0.3 is 15.5 Å². The minimum absolute atomic E-state index is 0. The second-order valence-corrected chi connectivity index (χ2v) is 3.82. The summed E-state index contributed by atoms with van der Waals surface area (Å²) < 4.78 is 13.8. The van der Waals surface area contributed by atoms with Crippen molar-refractivity contribution in [2.24, 2.45) is 0 Å². The van der Waals surface area contributed by atoms with Gasteiger partial charge in [-0.3, -0.25) is 4.79 Å². The number of carbonyl (C=O) groups excluding carboxylic acids is 1. The van der Waals surface area contributed by atoms with Crippen molar-refractivity contribution in [2.75, 3.05) is 38.1 Å². The maximum atomic E-state index is 13.8. The van der Waals surface area contributed by atoms with Crippen molar-refractivity contribution in [3.8, 4) is 0 Å². The molecule has 5 nitrogen and oxygen atoms in total. The van der Waals surface area contributed by atoms with Crippen molar-refractivity contribution in [3.63, 3.8) is 0 Å². The summed E-state index contributed by atoms with van der Waals surface area (Å²) in [4.78, 5) is 16.9. The molecule has 1 amide bonds. The third-order valence-electron chi connectivity index (χ3n) is 2.75. The number of amides is 1. The van der Waals surface area contributed by atoms with Gasteiger partial charge in [0.1, 0.15) is 5.69 Å². The number of nitrogens with zero attached hydrogens (tertiary/aromatic N) is 2. The van der Waals surface area contributed by atoms with E-state index in [4.69, 9.17) is 0 Å². The lowest BCUT2D eigenvalue weighted by atomic mass is 10.2. The van der Waals surface area contributed by atoms with E-state index in [9.17, 15) is 9.18 Å². The van der Waals surface area contributed by atoms with Gasteiger partial charge in [0.15, 0.2) is 0 Å². The highest BCUT2D eigenvalue weighted by Crippen LogP contribution is 2.18. The minimum Gasteiger partial charge on any atom is -0.365 e. The fourth-order valence-corrected chi connectivity index (χ4v) is 1.82. The molecule has 0 aromatic carbocycles. The predicted molar refractivity (Wildman–Crippen MR) is 69.9 cm³/mol. The molecular weight excluding hydrogens is 259 g/mol. The molecule has 1 fully saturated rings. The lowest BCUT2D eigenvalue weighted by Crippen LogP contribution is -2.44. The first-order valence-corrected chi connectivity index (χ1v) is 5.56. The summed E-state index contributed by atoms with van der Waals surface area (Å²) in [6.45, 7) is 3.16. The van der Waals surface area contributed by atoms with Crippen LogP contribution in [0, 0.1) is 5.95 Å². The summed E-state index contributed by atoms with van der Waals surface area (Å²) in [7, 11) is 1.49. The molecule has 1 aliphatic rings. The van der Waals surface area contributed by atoms with Crippen LogP contribution in [-0.2, 0) is 0 Å². The van der Waals surface area contributed by atoms with Gasteiger partial charge in [-0.2, -0.15) is 4.39 Å². The third-order valence-corrected chi connectivity index (χ3v) is 2.75. The van der Waals surface area contributed by atoms with E-state index in [1.54, 1.807) is 12.1 Å². The molecule has 1 aromatic rings. The second-order valence-electron chi connectivity index (χ2n) is 3.82. The lowest BCUT2D eigenvalue weighted by Gasteiger charge is -2.29. The van der Waals surface area contributed by atoms with Crippen molar-refractivity contribution < 1.29 is 9.18 Å². The SMILES string of the molecule is CNC(=O)c1ccc(N2CCNCC2)c(F)n1.Cl. The highest BCUT2D eigenvalue weighted by atomic mass is 35.5. The third kappa shape index (κ3) is 3.08. The number of halogens is 2. The monoisotopic (exact) mass is 274 g/mol. The minimum atomic E-state index is -0.590. The quantitative estimate of drug-likeness (QED) is 0.767. The van der Waals surface area contributed by atoms with E-state index in [0.717, 1.165) is 26.2 Å². The van der Waals surface area contributed by atoms with E-state index in [2.05, 4.69) is 15.6 Å². The molecular formula is C11H16ClFN4O. The van der Waals surface area contributed by atoms with Gasteiger partial charge in [-0.05, 0) is 12.1 Å². The molecule has 100 valence electrons. The summed E-state index contributed by atoms with van der Waals surface area (Å²) in [5.74, 6) is -0.969. The van der Waals surface area contributed by atoms with Crippen LogP contribution in [0.1, 0.15) is 10.5 Å². The summed E-state index contributed by atoms with van der Waals surface area (Å²) in [6.07, 6.45) is 0. The van der Waals surface area contributed by atoms with Gasteiger partial charge in [-0.25, -0.2) is 4.98 Å². The predicted octanol–water partition coefficient (Wildman–Crippen LogP) is 0.412. The summed E-state index contributed by atoms with van der Waals surface area (Å²) in [5, 5.41) is 5.61. The van der Waals surface area contributed by atoms with Gasteiger partial charge >= 0.3 is 0 Å². The molecule has 7 heteroatoms. The molecule has 1 aromatic heterocycles. The van der Waals surface area contributed by atoms with E-state index in [1.807, 2.05) is 4.90 Å². The van der Waals surface area contributed by atoms with E-state index in [-0.39, 0.29) is 24.0 Å². The molecule has 0 spiro atoms. The Labute approximate surface area is 111 Å². The lowest BCUT2D eigenvalue weighted by molar-refractivity contribution is 0.0957. The summed E-state index contributed by atoms with van der Waals surface area (Å²) in [5.41, 5.74) is 0.558. The van der Waals surface area contributed by atoms with Crippen molar-refractivity contribution in [1.82, 2.24) is 15.6 Å². The Hall–Kier alpha value is -1.40. The fraction of sp³-hybridized carbons (Fsp3) is 0.455. The van der Waals surface area contributed by atoms with E-state index >= 15 is 0 Å². The Morgan fingerprint density at radius 3 is 2.67 bits per heavy atom. The molecule has 2 N–H and O–H groups in total. The molecule has 1 saturated heterocycles. The number of piperazine rings is 1. The van der Waals surface area contributed by atoms with Gasteiger partial charge in [0.2, 0.25) is 5.95 Å². The zero-order valence-electron chi connectivity index (χ0n) is 10.1. The van der Waals surface area contributed by atoms with Gasteiger partial charge in [0.05, 0.1) is 5.69 Å². The molecule has 0 saturated carbocycles. The van der Waals surface area contributed by atoms with Crippen LogP contribution < -0.4 is 15.5 Å². The smallest absolute Gasteiger partial charge is 0.269 e. The molecule has 0 aliphatic carbocycles. The van der Waals surface area contributed by atoms with Gasteiger partial charge in [0, 0.05) is 33.2 Å². The number of rotatable bonds is 2. The highest BCUT2D eigenvalue weighted by molar-refractivity contribution is 5.92. The topological polar surface area (TPSA) is 57.3 Å². The summed E-state index contributed by atoms with van der Waals surface area (Å²) in [6, 6.07) is 3.15. The molecule has 2 rings (SSSR count). The molecule has 2 heterocycles. The van der Waals surface area contributed by atoms with Gasteiger partial charge in [-0.1, -0.05) is 0 Å². The van der Waals surface area contributed by atoms with E-state index in [0.29, 0.717) is 5.69 Å². The second kappa shape index (κ2) is 6.51. The van der Waals surface area contributed by atoms with Gasteiger partial charge in [-0.15, -0.1) is 12.4 Å². The Bertz CT molecular complexity index is 424. The van der Waals surface area contributed by atoms with Crippen molar-refractivity contribution in [1.29, 1.82) is 0 Å². The first-order chi connectivity index (χ1) is 8.22. The number of pyridine rings is 1. The molecule has 18 heavy (non-hydrogen) atoms. The standard InChI is InChI=1S/C11H15FN4O.ClH/c1-13-11(17)8-2-3-9(10(12)15-8)16-6-4-14-5-7-16;/h2-3,14H,4-7H2,1H3,(H,13,17);1H. The number of anilines is 1. The van der Waals surface area contributed by atoms with E-state index < -0.39 is 5.95 Å². The van der Waals surface area contributed by atoms with Crippen LogP contribution in [0.5, 0.6) is 0 Å². The zero-order valence-corrected chi connectivity index (χ0v) is 10.9. The molecule has 1 aliphatic heterocycles. The van der Waals surface area contributed by atoms with Crippen LogP contribution in [0.15, 0.2) is 12.1 Å². The van der Waals surface area contributed by atoms with Crippen LogP contribution in [0.4, 0.5) is 10.1 Å². The molecule has 0 radical (unpaired) electrons. The Morgan fingerprint density at radius 2 is 2.11 bits per heavy atom. The van der Waals surface area contributed by atoms with Crippen LogP contribution in [0.2, 0.25) is 0 Å². The summed E-state index contributed by atoms with van der Waals surface area (Å²) >= 11 is 0. The average Bonchev–Trinajstić information content (AvgIpc) is 2.38. The van der Waals surface area contributed by atoms with Crippen molar-refractivity contribution in [3.05, 3.63) is 23.8 Å². The highest BCUT2D eigenvalue weighted by Gasteiger charge is 2.17. The van der Waals surface area contributed by atoms with Crippen LogP contribution >= 0.6 is 12.4 Å². The van der Waals surface area contributed by atoms with Gasteiger partial charge in [0.25, 0.3) is 5.91 Å². The van der Waals surface area contributed by atoms with Crippen molar-refractivity contribution in [2.45, 2.75) is 0 Å². The Balaban J connectivity index is 0.00000162. The molecule has 0 bridgehead atoms.